The largest absolute Gasteiger partial charge is 0.464 e. The fraction of sp³-hybridized carbons (Fsp3) is 0.440. The van der Waals surface area contributed by atoms with E-state index >= 15 is 0 Å². The minimum Gasteiger partial charge on any atom is -0.464 e. The van der Waals surface area contributed by atoms with E-state index in [1.54, 1.807) is 6.92 Å². The van der Waals surface area contributed by atoms with Gasteiger partial charge in [0, 0.05) is 0 Å². The number of benzene rings is 2. The highest BCUT2D eigenvalue weighted by Crippen LogP contribution is 2.33. The van der Waals surface area contributed by atoms with Crippen molar-refractivity contribution in [2.75, 3.05) is 13.2 Å². The first-order valence-electron chi connectivity index (χ1n) is 11.0. The van der Waals surface area contributed by atoms with Crippen molar-refractivity contribution >= 4 is 12.1 Å². The normalized spacial score (nSPS) is 19.3. The maximum atomic E-state index is 12.3. The van der Waals surface area contributed by atoms with Gasteiger partial charge in [0.1, 0.15) is 6.61 Å². The van der Waals surface area contributed by atoms with Crippen LogP contribution in [0.5, 0.6) is 0 Å². The molecule has 0 aromatic heterocycles. The second-order valence-electron chi connectivity index (χ2n) is 7.73. The summed E-state index contributed by atoms with van der Waals surface area (Å²) in [6.45, 7) is 2.17. The minimum absolute atomic E-state index is 0.0685. The molecule has 1 N–H and O–H groups in total. The summed E-state index contributed by atoms with van der Waals surface area (Å²) in [5.74, 6) is 0.0325. The van der Waals surface area contributed by atoms with Gasteiger partial charge >= 0.3 is 12.1 Å². The summed E-state index contributed by atoms with van der Waals surface area (Å²) >= 11 is 0. The highest BCUT2D eigenvalue weighted by atomic mass is 16.6. The van der Waals surface area contributed by atoms with Crippen LogP contribution in [-0.4, -0.2) is 37.4 Å². The number of carbonyl (C=O) groups excluding carboxylic acids is 2. The lowest BCUT2D eigenvalue weighted by Crippen LogP contribution is -2.46. The smallest absolute Gasteiger partial charge is 0.408 e. The van der Waals surface area contributed by atoms with Crippen LogP contribution in [0.1, 0.15) is 49.7 Å². The van der Waals surface area contributed by atoms with Crippen LogP contribution in [-0.2, 0) is 25.6 Å². The van der Waals surface area contributed by atoms with Crippen LogP contribution in [0.2, 0.25) is 0 Å². The Morgan fingerprint density at radius 1 is 0.935 bits per heavy atom. The summed E-state index contributed by atoms with van der Waals surface area (Å²) in [5, 5.41) is 2.59. The van der Waals surface area contributed by atoms with Gasteiger partial charge in [-0.1, -0.05) is 60.7 Å². The van der Waals surface area contributed by atoms with Crippen molar-refractivity contribution < 1.29 is 23.8 Å². The molecule has 6 heteroatoms. The van der Waals surface area contributed by atoms with Gasteiger partial charge in [0.15, 0.2) is 6.04 Å². The Morgan fingerprint density at radius 3 is 2.23 bits per heavy atom. The van der Waals surface area contributed by atoms with Gasteiger partial charge in [-0.2, -0.15) is 0 Å². The molecular formula is C25H31NO5. The second kappa shape index (κ2) is 12.1. The molecule has 2 aromatic rings. The molecule has 0 radical (unpaired) electrons. The van der Waals surface area contributed by atoms with E-state index in [9.17, 15) is 9.59 Å². The molecule has 1 atom stereocenters. The molecule has 1 fully saturated rings. The van der Waals surface area contributed by atoms with Crippen LogP contribution in [0.3, 0.4) is 0 Å². The summed E-state index contributed by atoms with van der Waals surface area (Å²) in [6, 6.07) is 19.0. The molecule has 0 spiro atoms. The van der Waals surface area contributed by atoms with Crippen LogP contribution in [0, 0.1) is 0 Å². The lowest BCUT2D eigenvalue weighted by molar-refractivity contribution is -0.148. The summed E-state index contributed by atoms with van der Waals surface area (Å²) < 4.78 is 16.3. The predicted molar refractivity (Wildman–Crippen MR) is 118 cm³/mol. The third-order valence-corrected chi connectivity index (χ3v) is 5.52. The molecular weight excluding hydrogens is 394 g/mol. The number of esters is 1. The Morgan fingerprint density at radius 2 is 1.58 bits per heavy atom. The first-order chi connectivity index (χ1) is 15.2. The van der Waals surface area contributed by atoms with E-state index in [2.05, 4.69) is 29.6 Å². The van der Waals surface area contributed by atoms with Gasteiger partial charge in [0.05, 0.1) is 19.3 Å². The fourth-order valence-electron chi connectivity index (χ4n) is 3.84. The van der Waals surface area contributed by atoms with Crippen LogP contribution in [0.15, 0.2) is 60.7 Å². The molecule has 0 bridgehead atoms. The summed E-state index contributed by atoms with van der Waals surface area (Å²) in [5.41, 5.74) is 2.24. The van der Waals surface area contributed by atoms with Gasteiger partial charge in [-0.3, -0.25) is 0 Å². The minimum atomic E-state index is -0.893. The van der Waals surface area contributed by atoms with Crippen molar-refractivity contribution in [3.8, 4) is 0 Å². The Balaban J connectivity index is 1.46. The molecule has 2 aromatic carbocycles. The molecule has 1 amide bonds. The fourth-order valence-corrected chi connectivity index (χ4v) is 3.84. The maximum Gasteiger partial charge on any atom is 0.408 e. The number of amides is 1. The van der Waals surface area contributed by atoms with Crippen molar-refractivity contribution in [3.63, 3.8) is 0 Å². The van der Waals surface area contributed by atoms with E-state index in [1.807, 2.05) is 36.4 Å². The van der Waals surface area contributed by atoms with E-state index in [0.29, 0.717) is 5.92 Å². The van der Waals surface area contributed by atoms with Gasteiger partial charge in [0.25, 0.3) is 0 Å². The lowest BCUT2D eigenvalue weighted by Gasteiger charge is -2.29. The maximum absolute atomic E-state index is 12.3. The summed E-state index contributed by atoms with van der Waals surface area (Å²) in [7, 11) is 0. The van der Waals surface area contributed by atoms with E-state index in [4.69, 9.17) is 14.2 Å². The first kappa shape index (κ1) is 22.8. The lowest BCUT2D eigenvalue weighted by atomic mass is 9.83. The Bertz CT molecular complexity index is 803. The number of alkyl carbamates (subject to hydrolysis) is 1. The van der Waals surface area contributed by atoms with Crippen LogP contribution in [0.4, 0.5) is 4.79 Å². The van der Waals surface area contributed by atoms with Gasteiger partial charge < -0.3 is 19.5 Å². The van der Waals surface area contributed by atoms with Crippen molar-refractivity contribution in [1.29, 1.82) is 0 Å². The Labute approximate surface area is 183 Å². The van der Waals surface area contributed by atoms with Gasteiger partial charge in [-0.25, -0.2) is 9.59 Å². The highest BCUT2D eigenvalue weighted by Gasteiger charge is 2.27. The van der Waals surface area contributed by atoms with Crippen LogP contribution >= 0.6 is 0 Å². The number of hydrogen-bond acceptors (Lipinski definition) is 5. The molecule has 166 valence electrons. The standard InChI is InChI=1S/C25H31NO5/c1-2-29-24(27)23(26-25(28)31-17-19-9-5-3-6-10-19)18-30-22-15-13-21(14-16-22)20-11-7-4-8-12-20/h3-12,21-23H,2,13-18H2,1H3,(H,26,28). The van der Waals surface area contributed by atoms with Gasteiger partial charge in [-0.15, -0.1) is 0 Å². The molecule has 0 saturated heterocycles. The molecule has 3 rings (SSSR count). The van der Waals surface area contributed by atoms with Crippen molar-refractivity contribution in [2.24, 2.45) is 0 Å². The third-order valence-electron chi connectivity index (χ3n) is 5.52. The van der Waals surface area contributed by atoms with E-state index in [1.165, 1.54) is 5.56 Å². The SMILES string of the molecule is CCOC(=O)C(COC1CCC(c2ccccc2)CC1)NC(=O)OCc1ccccc1. The number of hydrogen-bond donors (Lipinski definition) is 1. The molecule has 0 aliphatic heterocycles. The van der Waals surface area contributed by atoms with Crippen molar-refractivity contribution in [2.45, 2.75) is 57.3 Å². The number of ether oxygens (including phenoxy) is 3. The summed E-state index contributed by atoms with van der Waals surface area (Å²) in [6.07, 6.45) is 3.34. The zero-order valence-electron chi connectivity index (χ0n) is 18.0. The van der Waals surface area contributed by atoms with E-state index in [-0.39, 0.29) is 25.9 Å². The van der Waals surface area contributed by atoms with Crippen LogP contribution < -0.4 is 5.32 Å². The number of rotatable bonds is 9. The third kappa shape index (κ3) is 7.40. The predicted octanol–water partition coefficient (Wildman–Crippen LogP) is 4.59. The monoisotopic (exact) mass is 425 g/mol. The molecule has 6 nitrogen and oxygen atoms in total. The van der Waals surface area contributed by atoms with Crippen molar-refractivity contribution in [3.05, 3.63) is 71.8 Å². The number of carbonyl (C=O) groups is 2. The summed E-state index contributed by atoms with van der Waals surface area (Å²) in [4.78, 5) is 24.5. The Hall–Kier alpha value is -2.86. The molecule has 1 saturated carbocycles. The molecule has 1 aliphatic carbocycles. The second-order valence-corrected chi connectivity index (χ2v) is 7.73. The zero-order chi connectivity index (χ0) is 21.9. The average Bonchev–Trinajstić information content (AvgIpc) is 2.82. The van der Waals surface area contributed by atoms with E-state index in [0.717, 1.165) is 31.2 Å². The Kier molecular flexibility index (Phi) is 8.91. The molecule has 1 unspecified atom stereocenters. The quantitative estimate of drug-likeness (QED) is 0.595. The van der Waals surface area contributed by atoms with Crippen LogP contribution in [0.25, 0.3) is 0 Å². The first-order valence-corrected chi connectivity index (χ1v) is 11.0. The van der Waals surface area contributed by atoms with Gasteiger partial charge in [-0.05, 0) is 49.7 Å². The van der Waals surface area contributed by atoms with Crippen molar-refractivity contribution in [1.82, 2.24) is 5.32 Å². The topological polar surface area (TPSA) is 73.9 Å². The highest BCUT2D eigenvalue weighted by molar-refractivity contribution is 5.81. The molecule has 1 aliphatic rings. The van der Waals surface area contributed by atoms with E-state index < -0.39 is 18.1 Å². The average molecular weight is 426 g/mol. The van der Waals surface area contributed by atoms with Gasteiger partial charge in [0.2, 0.25) is 0 Å². The zero-order valence-corrected chi connectivity index (χ0v) is 18.0. The molecule has 31 heavy (non-hydrogen) atoms. The molecule has 0 heterocycles. The number of nitrogens with one attached hydrogen (secondary N) is 1.